The quantitative estimate of drug-likeness (QED) is 0.783. The minimum Gasteiger partial charge on any atom is -0.337 e. The van der Waals surface area contributed by atoms with E-state index in [9.17, 15) is 4.79 Å². The topological polar surface area (TPSA) is 32.3 Å². The Balaban J connectivity index is 2.07. The molecule has 1 fully saturated rings. The van der Waals surface area contributed by atoms with Crippen molar-refractivity contribution in [2.75, 3.05) is 20.1 Å². The Labute approximate surface area is 90.1 Å². The predicted octanol–water partition coefficient (Wildman–Crippen LogP) is 1.12. The highest BCUT2D eigenvalue weighted by Gasteiger charge is 2.23. The molecular formula is C12H16N2O. The average molecular weight is 204 g/mol. The number of hydrogen-bond acceptors (Lipinski definition) is 2. The molecule has 1 amide bonds. The van der Waals surface area contributed by atoms with Crippen LogP contribution >= 0.6 is 0 Å². The fourth-order valence-electron chi connectivity index (χ4n) is 1.92. The Bertz CT molecular complexity index is 331. The number of nitrogens with one attached hydrogen (secondary N) is 1. The average Bonchev–Trinajstić information content (AvgIpc) is 2.82. The van der Waals surface area contributed by atoms with Gasteiger partial charge in [-0.2, -0.15) is 0 Å². The molecule has 1 N–H and O–H groups in total. The standard InChI is InChI=1S/C12H16N2O/c1-14(11-7-8-13-9-11)12(15)10-5-3-2-4-6-10/h2-6,11,13H,7-9H2,1H3/t11-/m1/s1. The van der Waals surface area contributed by atoms with E-state index >= 15 is 0 Å². The maximum atomic E-state index is 12.0. The molecule has 3 heteroatoms. The van der Waals surface area contributed by atoms with Gasteiger partial charge in [0.25, 0.3) is 5.91 Å². The van der Waals surface area contributed by atoms with Gasteiger partial charge in [-0.1, -0.05) is 18.2 Å². The van der Waals surface area contributed by atoms with Crippen LogP contribution in [0.5, 0.6) is 0 Å². The van der Waals surface area contributed by atoms with E-state index in [0.29, 0.717) is 6.04 Å². The fourth-order valence-corrected chi connectivity index (χ4v) is 1.92. The molecule has 2 rings (SSSR count). The van der Waals surface area contributed by atoms with Gasteiger partial charge in [0.05, 0.1) is 0 Å². The molecule has 0 aliphatic carbocycles. The molecule has 1 atom stereocenters. The summed E-state index contributed by atoms with van der Waals surface area (Å²) < 4.78 is 0. The van der Waals surface area contributed by atoms with Crippen LogP contribution in [0.1, 0.15) is 16.8 Å². The first-order valence-electron chi connectivity index (χ1n) is 5.32. The first-order valence-corrected chi connectivity index (χ1v) is 5.32. The van der Waals surface area contributed by atoms with Gasteiger partial charge in [-0.05, 0) is 25.1 Å². The number of benzene rings is 1. The second-order valence-corrected chi connectivity index (χ2v) is 3.93. The lowest BCUT2D eigenvalue weighted by Crippen LogP contribution is -2.38. The zero-order chi connectivity index (χ0) is 10.7. The van der Waals surface area contributed by atoms with Crippen LogP contribution in [0.3, 0.4) is 0 Å². The minimum atomic E-state index is 0.115. The Morgan fingerprint density at radius 1 is 1.40 bits per heavy atom. The van der Waals surface area contributed by atoms with E-state index in [1.807, 2.05) is 42.3 Å². The highest BCUT2D eigenvalue weighted by atomic mass is 16.2. The molecule has 1 aliphatic heterocycles. The summed E-state index contributed by atoms with van der Waals surface area (Å²) in [6, 6.07) is 9.79. The van der Waals surface area contributed by atoms with Crippen molar-refractivity contribution in [3.63, 3.8) is 0 Å². The van der Waals surface area contributed by atoms with Gasteiger partial charge in [0, 0.05) is 25.2 Å². The predicted molar refractivity (Wildman–Crippen MR) is 59.8 cm³/mol. The zero-order valence-electron chi connectivity index (χ0n) is 8.94. The largest absolute Gasteiger partial charge is 0.337 e. The van der Waals surface area contributed by atoms with E-state index in [1.54, 1.807) is 0 Å². The van der Waals surface area contributed by atoms with E-state index in [2.05, 4.69) is 5.32 Å². The Morgan fingerprint density at radius 3 is 2.73 bits per heavy atom. The van der Waals surface area contributed by atoms with Crippen molar-refractivity contribution in [2.45, 2.75) is 12.5 Å². The van der Waals surface area contributed by atoms with Crippen LogP contribution in [0.2, 0.25) is 0 Å². The highest BCUT2D eigenvalue weighted by molar-refractivity contribution is 5.94. The Hall–Kier alpha value is -1.35. The van der Waals surface area contributed by atoms with E-state index in [1.165, 1.54) is 0 Å². The van der Waals surface area contributed by atoms with Crippen molar-refractivity contribution in [1.82, 2.24) is 10.2 Å². The normalized spacial score (nSPS) is 20.2. The van der Waals surface area contributed by atoms with Gasteiger partial charge in [-0.15, -0.1) is 0 Å². The molecule has 0 unspecified atom stereocenters. The molecular weight excluding hydrogens is 188 g/mol. The van der Waals surface area contributed by atoms with Crippen LogP contribution in [-0.2, 0) is 0 Å². The van der Waals surface area contributed by atoms with Crippen molar-refractivity contribution >= 4 is 5.91 Å². The van der Waals surface area contributed by atoms with Crippen LogP contribution in [0.4, 0.5) is 0 Å². The smallest absolute Gasteiger partial charge is 0.253 e. The summed E-state index contributed by atoms with van der Waals surface area (Å²) in [4.78, 5) is 13.9. The molecule has 0 aromatic heterocycles. The summed E-state index contributed by atoms with van der Waals surface area (Å²) in [5, 5.41) is 3.27. The molecule has 1 heterocycles. The summed E-state index contributed by atoms with van der Waals surface area (Å²) in [7, 11) is 1.88. The van der Waals surface area contributed by atoms with Crippen molar-refractivity contribution in [1.29, 1.82) is 0 Å². The molecule has 0 bridgehead atoms. The molecule has 15 heavy (non-hydrogen) atoms. The van der Waals surface area contributed by atoms with Gasteiger partial charge in [0.1, 0.15) is 0 Å². The zero-order valence-corrected chi connectivity index (χ0v) is 8.94. The number of likely N-dealkylation sites (N-methyl/N-ethyl adjacent to an activating group) is 1. The highest BCUT2D eigenvalue weighted by Crippen LogP contribution is 2.10. The summed E-state index contributed by atoms with van der Waals surface area (Å²) in [5.74, 6) is 0.115. The van der Waals surface area contributed by atoms with Gasteiger partial charge < -0.3 is 10.2 Å². The number of rotatable bonds is 2. The van der Waals surface area contributed by atoms with Crippen LogP contribution < -0.4 is 5.32 Å². The summed E-state index contributed by atoms with van der Waals surface area (Å²) >= 11 is 0. The molecule has 1 aliphatic rings. The first-order chi connectivity index (χ1) is 7.29. The number of amides is 1. The van der Waals surface area contributed by atoms with Gasteiger partial charge in [-0.25, -0.2) is 0 Å². The molecule has 0 spiro atoms. The number of carbonyl (C=O) groups is 1. The fraction of sp³-hybridized carbons (Fsp3) is 0.417. The van der Waals surface area contributed by atoms with Crippen molar-refractivity contribution < 1.29 is 4.79 Å². The molecule has 0 radical (unpaired) electrons. The Kier molecular flexibility index (Phi) is 3.02. The van der Waals surface area contributed by atoms with E-state index in [-0.39, 0.29) is 5.91 Å². The second-order valence-electron chi connectivity index (χ2n) is 3.93. The van der Waals surface area contributed by atoms with Crippen LogP contribution in [0.25, 0.3) is 0 Å². The van der Waals surface area contributed by atoms with E-state index < -0.39 is 0 Å². The molecule has 1 aromatic carbocycles. The molecule has 3 nitrogen and oxygen atoms in total. The maximum absolute atomic E-state index is 12.0. The number of carbonyl (C=O) groups excluding carboxylic acids is 1. The SMILES string of the molecule is CN(C(=O)c1ccccc1)[C@@H]1CCNC1. The van der Waals surface area contributed by atoms with Crippen molar-refractivity contribution in [2.24, 2.45) is 0 Å². The first kappa shape index (κ1) is 10.2. The third kappa shape index (κ3) is 2.18. The summed E-state index contributed by atoms with van der Waals surface area (Å²) in [5.41, 5.74) is 0.770. The minimum absolute atomic E-state index is 0.115. The van der Waals surface area contributed by atoms with Gasteiger partial charge in [0.15, 0.2) is 0 Å². The number of nitrogens with zero attached hydrogens (tertiary/aromatic N) is 1. The maximum Gasteiger partial charge on any atom is 0.253 e. The van der Waals surface area contributed by atoms with Crippen LogP contribution in [-0.4, -0.2) is 37.0 Å². The third-order valence-corrected chi connectivity index (χ3v) is 2.92. The third-order valence-electron chi connectivity index (χ3n) is 2.92. The lowest BCUT2D eigenvalue weighted by molar-refractivity contribution is 0.0744. The molecule has 80 valence electrons. The monoisotopic (exact) mass is 204 g/mol. The molecule has 0 saturated carbocycles. The van der Waals surface area contributed by atoms with E-state index in [4.69, 9.17) is 0 Å². The second kappa shape index (κ2) is 4.45. The van der Waals surface area contributed by atoms with Gasteiger partial charge in [0.2, 0.25) is 0 Å². The van der Waals surface area contributed by atoms with Crippen LogP contribution in [0.15, 0.2) is 30.3 Å². The summed E-state index contributed by atoms with van der Waals surface area (Å²) in [6.45, 7) is 1.92. The Morgan fingerprint density at radius 2 is 2.13 bits per heavy atom. The van der Waals surface area contributed by atoms with Gasteiger partial charge >= 0.3 is 0 Å². The number of hydrogen-bond donors (Lipinski definition) is 1. The van der Waals surface area contributed by atoms with Gasteiger partial charge in [-0.3, -0.25) is 4.79 Å². The molecule has 1 aromatic rings. The van der Waals surface area contributed by atoms with Crippen LogP contribution in [0, 0.1) is 0 Å². The van der Waals surface area contributed by atoms with E-state index in [0.717, 1.165) is 25.1 Å². The molecule has 1 saturated heterocycles. The van der Waals surface area contributed by atoms with Crippen molar-refractivity contribution in [3.8, 4) is 0 Å². The summed E-state index contributed by atoms with van der Waals surface area (Å²) in [6.07, 6.45) is 1.05. The lowest BCUT2D eigenvalue weighted by Gasteiger charge is -2.23. The van der Waals surface area contributed by atoms with Crippen molar-refractivity contribution in [3.05, 3.63) is 35.9 Å². The lowest BCUT2D eigenvalue weighted by atomic mass is 10.1.